The van der Waals surface area contributed by atoms with Crippen LogP contribution in [-0.4, -0.2) is 21.7 Å². The Bertz CT molecular complexity index is 645. The zero-order valence-corrected chi connectivity index (χ0v) is 9.78. The molecule has 2 heterocycles. The zero-order chi connectivity index (χ0) is 11.7. The number of aromatic nitrogens is 2. The summed E-state index contributed by atoms with van der Waals surface area (Å²) in [5, 5.41) is 11.8. The SMILES string of the molecule is OCCc1csc(-c2ccc3ncoc3c2)n1. The van der Waals surface area contributed by atoms with Crippen molar-refractivity contribution in [3.8, 4) is 10.6 Å². The number of aliphatic hydroxyl groups is 1. The molecule has 0 bridgehead atoms. The van der Waals surface area contributed by atoms with Gasteiger partial charge in [0.05, 0.1) is 5.69 Å². The summed E-state index contributed by atoms with van der Waals surface area (Å²) in [5.74, 6) is 0. The predicted octanol–water partition coefficient (Wildman–Crippen LogP) is 2.49. The number of benzene rings is 1. The van der Waals surface area contributed by atoms with Crippen LogP contribution in [0.15, 0.2) is 34.4 Å². The first-order valence-corrected chi connectivity index (χ1v) is 6.13. The third kappa shape index (κ3) is 1.94. The number of nitrogens with zero attached hydrogens (tertiary/aromatic N) is 2. The van der Waals surface area contributed by atoms with Gasteiger partial charge in [-0.05, 0) is 18.2 Å². The van der Waals surface area contributed by atoms with E-state index in [-0.39, 0.29) is 6.61 Å². The van der Waals surface area contributed by atoms with Gasteiger partial charge in [0.1, 0.15) is 10.5 Å². The maximum Gasteiger partial charge on any atom is 0.181 e. The van der Waals surface area contributed by atoms with E-state index >= 15 is 0 Å². The third-order valence-electron chi connectivity index (χ3n) is 2.50. The summed E-state index contributed by atoms with van der Waals surface area (Å²) in [4.78, 5) is 8.53. The maximum atomic E-state index is 8.85. The smallest absolute Gasteiger partial charge is 0.181 e. The molecule has 3 rings (SSSR count). The van der Waals surface area contributed by atoms with Crippen molar-refractivity contribution < 1.29 is 9.52 Å². The van der Waals surface area contributed by atoms with E-state index in [9.17, 15) is 0 Å². The lowest BCUT2D eigenvalue weighted by molar-refractivity contribution is 0.298. The number of hydrogen-bond donors (Lipinski definition) is 1. The topological polar surface area (TPSA) is 59.2 Å². The summed E-state index contributed by atoms with van der Waals surface area (Å²) >= 11 is 1.57. The molecule has 0 aliphatic rings. The molecule has 5 heteroatoms. The monoisotopic (exact) mass is 246 g/mol. The molecule has 1 N–H and O–H groups in total. The lowest BCUT2D eigenvalue weighted by atomic mass is 10.2. The van der Waals surface area contributed by atoms with Crippen LogP contribution in [-0.2, 0) is 6.42 Å². The molecule has 0 radical (unpaired) electrons. The molecule has 0 unspecified atom stereocenters. The van der Waals surface area contributed by atoms with Crippen molar-refractivity contribution in [1.29, 1.82) is 0 Å². The average Bonchev–Trinajstić information content (AvgIpc) is 2.96. The Kier molecular flexibility index (Phi) is 2.62. The first-order valence-electron chi connectivity index (χ1n) is 5.26. The number of hydrogen-bond acceptors (Lipinski definition) is 5. The summed E-state index contributed by atoms with van der Waals surface area (Å²) in [6, 6.07) is 5.83. The number of rotatable bonds is 3. The molecule has 0 spiro atoms. The van der Waals surface area contributed by atoms with Gasteiger partial charge in [0.25, 0.3) is 0 Å². The average molecular weight is 246 g/mol. The van der Waals surface area contributed by atoms with Gasteiger partial charge in [-0.15, -0.1) is 11.3 Å². The molecule has 2 aromatic heterocycles. The lowest BCUT2D eigenvalue weighted by Gasteiger charge is -1.95. The van der Waals surface area contributed by atoms with Gasteiger partial charge >= 0.3 is 0 Å². The van der Waals surface area contributed by atoms with Crippen molar-refractivity contribution in [2.45, 2.75) is 6.42 Å². The molecule has 0 saturated heterocycles. The molecule has 0 fully saturated rings. The van der Waals surface area contributed by atoms with Crippen molar-refractivity contribution in [3.63, 3.8) is 0 Å². The molecular formula is C12H10N2O2S. The molecule has 86 valence electrons. The Morgan fingerprint density at radius 2 is 2.29 bits per heavy atom. The van der Waals surface area contributed by atoms with Crippen LogP contribution in [0.5, 0.6) is 0 Å². The standard InChI is InChI=1S/C12H10N2O2S/c15-4-3-9-6-17-12(14-9)8-1-2-10-11(5-8)16-7-13-10/h1-2,5-7,15H,3-4H2. The summed E-state index contributed by atoms with van der Waals surface area (Å²) < 4.78 is 5.26. The van der Waals surface area contributed by atoms with Gasteiger partial charge in [-0.2, -0.15) is 0 Å². The second-order valence-electron chi connectivity index (χ2n) is 3.65. The fraction of sp³-hybridized carbons (Fsp3) is 0.167. The first-order chi connectivity index (χ1) is 8.36. The second kappa shape index (κ2) is 4.27. The van der Waals surface area contributed by atoms with Gasteiger partial charge in [-0.25, -0.2) is 9.97 Å². The summed E-state index contributed by atoms with van der Waals surface area (Å²) in [5.41, 5.74) is 3.55. The number of thiazole rings is 1. The molecule has 17 heavy (non-hydrogen) atoms. The number of fused-ring (bicyclic) bond motifs is 1. The van der Waals surface area contributed by atoms with Crippen LogP contribution in [0.1, 0.15) is 5.69 Å². The van der Waals surface area contributed by atoms with Crippen LogP contribution >= 0.6 is 11.3 Å². The maximum absolute atomic E-state index is 8.85. The van der Waals surface area contributed by atoms with Crippen LogP contribution in [0, 0.1) is 0 Å². The molecule has 1 aromatic carbocycles. The van der Waals surface area contributed by atoms with E-state index in [0.29, 0.717) is 6.42 Å². The van der Waals surface area contributed by atoms with Gasteiger partial charge in [-0.3, -0.25) is 0 Å². The van der Waals surface area contributed by atoms with E-state index in [1.165, 1.54) is 6.39 Å². The van der Waals surface area contributed by atoms with Crippen molar-refractivity contribution in [2.75, 3.05) is 6.61 Å². The zero-order valence-electron chi connectivity index (χ0n) is 8.96. The Morgan fingerprint density at radius 1 is 1.35 bits per heavy atom. The van der Waals surface area contributed by atoms with Crippen molar-refractivity contribution in [1.82, 2.24) is 9.97 Å². The Labute approximate surface area is 102 Å². The Morgan fingerprint density at radius 3 is 3.18 bits per heavy atom. The number of oxazole rings is 1. The lowest BCUT2D eigenvalue weighted by Crippen LogP contribution is -1.90. The fourth-order valence-corrected chi connectivity index (χ4v) is 2.51. The van der Waals surface area contributed by atoms with Crippen LogP contribution in [0.4, 0.5) is 0 Å². The molecular weight excluding hydrogens is 236 g/mol. The minimum absolute atomic E-state index is 0.129. The Hall–Kier alpha value is -1.72. The van der Waals surface area contributed by atoms with E-state index in [0.717, 1.165) is 27.4 Å². The van der Waals surface area contributed by atoms with Crippen molar-refractivity contribution in [2.24, 2.45) is 0 Å². The van der Waals surface area contributed by atoms with E-state index in [1.54, 1.807) is 11.3 Å². The van der Waals surface area contributed by atoms with E-state index in [1.807, 2.05) is 23.6 Å². The third-order valence-corrected chi connectivity index (χ3v) is 3.44. The van der Waals surface area contributed by atoms with Gasteiger partial charge in [0.15, 0.2) is 12.0 Å². The molecule has 0 aliphatic heterocycles. The summed E-state index contributed by atoms with van der Waals surface area (Å²) in [7, 11) is 0. The second-order valence-corrected chi connectivity index (χ2v) is 4.51. The van der Waals surface area contributed by atoms with E-state index < -0.39 is 0 Å². The largest absolute Gasteiger partial charge is 0.443 e. The molecule has 3 aromatic rings. The fourth-order valence-electron chi connectivity index (χ4n) is 1.66. The summed E-state index contributed by atoms with van der Waals surface area (Å²) in [6.45, 7) is 0.129. The van der Waals surface area contributed by atoms with Gasteiger partial charge < -0.3 is 9.52 Å². The minimum atomic E-state index is 0.129. The van der Waals surface area contributed by atoms with E-state index in [4.69, 9.17) is 9.52 Å². The molecule has 0 aliphatic carbocycles. The van der Waals surface area contributed by atoms with Gasteiger partial charge in [-0.1, -0.05) is 0 Å². The van der Waals surface area contributed by atoms with Crippen molar-refractivity contribution >= 4 is 22.4 Å². The summed E-state index contributed by atoms with van der Waals surface area (Å²) in [6.07, 6.45) is 2.04. The first kappa shape index (κ1) is 10.4. The van der Waals surface area contributed by atoms with Crippen LogP contribution in [0.25, 0.3) is 21.7 Å². The highest BCUT2D eigenvalue weighted by molar-refractivity contribution is 7.13. The minimum Gasteiger partial charge on any atom is -0.443 e. The van der Waals surface area contributed by atoms with Gasteiger partial charge in [0, 0.05) is 24.0 Å². The normalized spacial score (nSPS) is 11.1. The van der Waals surface area contributed by atoms with Gasteiger partial charge in [0.2, 0.25) is 0 Å². The highest BCUT2D eigenvalue weighted by Crippen LogP contribution is 2.26. The van der Waals surface area contributed by atoms with Crippen LogP contribution in [0.3, 0.4) is 0 Å². The molecule has 0 amide bonds. The number of aliphatic hydroxyl groups excluding tert-OH is 1. The van der Waals surface area contributed by atoms with E-state index in [2.05, 4.69) is 9.97 Å². The molecule has 0 atom stereocenters. The quantitative estimate of drug-likeness (QED) is 0.771. The molecule has 4 nitrogen and oxygen atoms in total. The Balaban J connectivity index is 2.00. The highest BCUT2D eigenvalue weighted by atomic mass is 32.1. The van der Waals surface area contributed by atoms with Crippen molar-refractivity contribution in [3.05, 3.63) is 35.7 Å². The van der Waals surface area contributed by atoms with Crippen LogP contribution in [0.2, 0.25) is 0 Å². The highest BCUT2D eigenvalue weighted by Gasteiger charge is 2.07. The molecule has 0 saturated carbocycles. The van der Waals surface area contributed by atoms with Crippen LogP contribution < -0.4 is 0 Å². The predicted molar refractivity (Wildman–Crippen MR) is 65.9 cm³/mol.